The van der Waals surface area contributed by atoms with Gasteiger partial charge >= 0.3 is 0 Å². The van der Waals surface area contributed by atoms with Gasteiger partial charge in [0.15, 0.2) is 0 Å². The molecule has 0 atom stereocenters. The summed E-state index contributed by atoms with van der Waals surface area (Å²) >= 11 is 0. The van der Waals surface area contributed by atoms with Crippen LogP contribution in [0.2, 0.25) is 0 Å². The molecular weight excluding hydrogens is 721 g/mol. The highest BCUT2D eigenvalue weighted by molar-refractivity contribution is 7.92. The number of carbonyl (C=O) groups excluding carboxylic acids is 1. The number of aromatic nitrogens is 3. The van der Waals surface area contributed by atoms with Gasteiger partial charge in [-0.2, -0.15) is 15.0 Å². The van der Waals surface area contributed by atoms with Crippen LogP contribution in [-0.2, 0) is 26.1 Å². The lowest BCUT2D eigenvalue weighted by atomic mass is 9.89. The molecule has 2 aliphatic heterocycles. The molecule has 3 aromatic carbocycles. The van der Waals surface area contributed by atoms with Gasteiger partial charge in [0.25, 0.3) is 10.0 Å². The van der Waals surface area contributed by atoms with Crippen LogP contribution in [0.25, 0.3) is 0 Å². The molecule has 0 radical (unpaired) electrons. The number of aromatic hydroxyl groups is 1. The number of ether oxygens (including phenoxy) is 1. The van der Waals surface area contributed by atoms with Crippen LogP contribution in [0.15, 0.2) is 77.7 Å². The van der Waals surface area contributed by atoms with Crippen LogP contribution in [-0.4, -0.2) is 103 Å². The largest absolute Gasteiger partial charge is 0.506 e. The van der Waals surface area contributed by atoms with Crippen molar-refractivity contribution in [1.29, 1.82) is 0 Å². The Labute approximate surface area is 326 Å². The van der Waals surface area contributed by atoms with E-state index in [4.69, 9.17) is 19.7 Å². The molecule has 3 heterocycles. The fraction of sp³-hybridized carbons (Fsp3) is 0.436. The molecule has 4 aromatic rings. The Morgan fingerprint density at radius 2 is 1.58 bits per heavy atom. The van der Waals surface area contributed by atoms with E-state index in [0.717, 1.165) is 42.6 Å². The van der Waals surface area contributed by atoms with E-state index in [0.29, 0.717) is 76.6 Å². The predicted octanol–water partition coefficient (Wildman–Crippen LogP) is 5.87. The Morgan fingerprint density at radius 1 is 0.891 bits per heavy atom. The third kappa shape index (κ3) is 10.1. The number of piperazine rings is 1. The van der Waals surface area contributed by atoms with Crippen LogP contribution in [0.1, 0.15) is 57.8 Å². The van der Waals surface area contributed by atoms with Crippen molar-refractivity contribution in [2.24, 2.45) is 0 Å². The normalized spacial score (nSPS) is 16.8. The summed E-state index contributed by atoms with van der Waals surface area (Å²) in [6.07, 6.45) is 5.50. The van der Waals surface area contributed by atoms with Gasteiger partial charge in [-0.05, 0) is 49.6 Å². The smallest absolute Gasteiger partial charge is 0.264 e. The van der Waals surface area contributed by atoms with Crippen molar-refractivity contribution in [1.82, 2.24) is 37.1 Å². The SMILES string of the molecule is Cc1ccc(S(=O)(=O)N(Cc2ccccc2)c2ccc(Nc3nc(C4CCCCC4)nc(N4CCN(CC(=O)N5CCOCC5)CC4)n3)cc2O)cc1.N.N.[HH].[HH]. The molecule has 300 valence electrons. The first-order chi connectivity index (χ1) is 25.7. The maximum Gasteiger partial charge on any atom is 0.264 e. The van der Waals surface area contributed by atoms with Gasteiger partial charge in [0.05, 0.1) is 36.9 Å². The number of sulfonamides is 1. The highest BCUT2D eigenvalue weighted by atomic mass is 32.2. The number of benzene rings is 3. The van der Waals surface area contributed by atoms with Crippen LogP contribution in [0.4, 0.5) is 23.3 Å². The van der Waals surface area contributed by atoms with E-state index in [1.165, 1.54) is 16.8 Å². The lowest BCUT2D eigenvalue weighted by molar-refractivity contribution is -0.136. The molecule has 1 amide bonds. The molecule has 0 spiro atoms. The highest BCUT2D eigenvalue weighted by Crippen LogP contribution is 2.37. The molecule has 15 nitrogen and oxygen atoms in total. The average Bonchev–Trinajstić information content (AvgIpc) is 3.18. The van der Waals surface area contributed by atoms with Crippen molar-refractivity contribution in [3.8, 4) is 5.75 Å². The quantitative estimate of drug-likeness (QED) is 0.140. The van der Waals surface area contributed by atoms with Crippen LogP contribution < -0.4 is 26.8 Å². The number of anilines is 4. The number of phenols is 1. The predicted molar refractivity (Wildman–Crippen MR) is 218 cm³/mol. The molecule has 0 unspecified atom stereocenters. The van der Waals surface area contributed by atoms with Gasteiger partial charge in [0.2, 0.25) is 17.8 Å². The second-order valence-electron chi connectivity index (χ2n) is 14.0. The monoisotopic (exact) mass is 778 g/mol. The van der Waals surface area contributed by atoms with E-state index in [9.17, 15) is 18.3 Å². The number of hydrogen-bond donors (Lipinski definition) is 4. The second-order valence-corrected chi connectivity index (χ2v) is 15.9. The molecule has 3 aliphatic rings. The zero-order valence-corrected chi connectivity index (χ0v) is 32.5. The number of amides is 1. The molecule has 8 N–H and O–H groups in total. The molecule has 3 fully saturated rings. The van der Waals surface area contributed by atoms with Gasteiger partial charge in [-0.1, -0.05) is 67.3 Å². The minimum absolute atomic E-state index is 0. The lowest BCUT2D eigenvalue weighted by Crippen LogP contribution is -2.52. The molecule has 2 saturated heterocycles. The van der Waals surface area contributed by atoms with Gasteiger partial charge in [0, 0.05) is 59.8 Å². The van der Waals surface area contributed by atoms with E-state index in [1.54, 1.807) is 36.4 Å². The van der Waals surface area contributed by atoms with Gasteiger partial charge in [-0.25, -0.2) is 8.42 Å². The summed E-state index contributed by atoms with van der Waals surface area (Å²) in [6.45, 7) is 7.56. The third-order valence-electron chi connectivity index (χ3n) is 10.3. The second kappa shape index (κ2) is 18.6. The molecule has 1 saturated carbocycles. The summed E-state index contributed by atoms with van der Waals surface area (Å²) < 4.78 is 34.7. The molecular formula is C39H58N10O5S. The third-order valence-corrected chi connectivity index (χ3v) is 12.0. The van der Waals surface area contributed by atoms with Gasteiger partial charge < -0.3 is 37.3 Å². The van der Waals surface area contributed by atoms with E-state index < -0.39 is 10.0 Å². The standard InChI is InChI=1S/C39H48N8O5S.2H3N.2H2/c1-29-12-15-33(16-13-29)53(50,51)47(27-30-8-4-2-5-9-30)34-17-14-32(26-35(34)48)40-38-41-37(31-10-6-3-7-11-31)42-39(43-38)46-20-18-44(19-21-46)28-36(49)45-22-24-52-25-23-45;;;;/h2,4-5,8-9,12-17,26,31,48H,3,6-7,10-11,18-25,27-28H2,1H3,(H,40,41,42,43);2*1H3;2*1H. The summed E-state index contributed by atoms with van der Waals surface area (Å²) in [5, 5.41) is 14.7. The summed E-state index contributed by atoms with van der Waals surface area (Å²) in [7, 11) is -4.03. The first-order valence-corrected chi connectivity index (χ1v) is 20.0. The van der Waals surface area contributed by atoms with Crippen molar-refractivity contribution in [3.05, 3.63) is 89.7 Å². The lowest BCUT2D eigenvalue weighted by Gasteiger charge is -2.36. The Morgan fingerprint density at radius 3 is 2.25 bits per heavy atom. The van der Waals surface area contributed by atoms with Crippen molar-refractivity contribution < 1.29 is 25.9 Å². The van der Waals surface area contributed by atoms with Crippen molar-refractivity contribution in [2.45, 2.75) is 56.4 Å². The fourth-order valence-electron chi connectivity index (χ4n) is 7.16. The Bertz CT molecular complexity index is 1980. The minimum atomic E-state index is -4.03. The van der Waals surface area contributed by atoms with Crippen LogP contribution >= 0.6 is 0 Å². The molecule has 16 heteroatoms. The fourth-order valence-corrected chi connectivity index (χ4v) is 8.63. The first kappa shape index (κ1) is 41.3. The number of morpholine rings is 1. The number of nitrogens with zero attached hydrogens (tertiary/aromatic N) is 7. The Kier molecular flexibility index (Phi) is 14.0. The zero-order valence-electron chi connectivity index (χ0n) is 31.6. The highest BCUT2D eigenvalue weighted by Gasteiger charge is 2.29. The van der Waals surface area contributed by atoms with E-state index in [2.05, 4.69) is 15.1 Å². The molecule has 55 heavy (non-hydrogen) atoms. The number of carbonyl (C=O) groups is 1. The Balaban J connectivity index is 0.00000218. The van der Waals surface area contributed by atoms with Crippen molar-refractivity contribution in [3.63, 3.8) is 0 Å². The maximum atomic E-state index is 14.0. The van der Waals surface area contributed by atoms with Gasteiger partial charge in [-0.15, -0.1) is 0 Å². The number of rotatable bonds is 11. The minimum Gasteiger partial charge on any atom is -0.506 e. The molecule has 1 aromatic heterocycles. The van der Waals surface area contributed by atoms with Gasteiger partial charge in [0.1, 0.15) is 11.6 Å². The number of aryl methyl sites for hydroxylation is 1. The zero-order chi connectivity index (χ0) is 36.8. The first-order valence-electron chi connectivity index (χ1n) is 18.5. The van der Waals surface area contributed by atoms with Gasteiger partial charge in [-0.3, -0.25) is 14.0 Å². The summed E-state index contributed by atoms with van der Waals surface area (Å²) in [4.78, 5) is 33.9. The average molecular weight is 779 g/mol. The van der Waals surface area contributed by atoms with Crippen LogP contribution in [0.3, 0.4) is 0 Å². The molecule has 1 aliphatic carbocycles. The summed E-state index contributed by atoms with van der Waals surface area (Å²) in [6, 6.07) is 20.8. The van der Waals surface area contributed by atoms with Crippen molar-refractivity contribution in [2.75, 3.05) is 73.5 Å². The van der Waals surface area contributed by atoms with E-state index in [1.807, 2.05) is 42.2 Å². The summed E-state index contributed by atoms with van der Waals surface area (Å²) in [5.41, 5.74) is 2.39. The number of phenolic OH excluding ortho intramolecular Hbond substituents is 1. The van der Waals surface area contributed by atoms with Crippen LogP contribution in [0.5, 0.6) is 5.75 Å². The van der Waals surface area contributed by atoms with E-state index in [-0.39, 0.29) is 49.9 Å². The molecule has 0 bridgehead atoms. The topological polar surface area (TPSA) is 214 Å². The molecule has 7 rings (SSSR count). The Hall–Kier alpha value is -4.87. The van der Waals surface area contributed by atoms with E-state index >= 15 is 0 Å². The van der Waals surface area contributed by atoms with Crippen molar-refractivity contribution >= 4 is 39.2 Å². The maximum absolute atomic E-state index is 14.0. The van der Waals surface area contributed by atoms with Crippen LogP contribution in [0, 0.1) is 6.92 Å². The number of hydrogen-bond acceptors (Lipinski definition) is 13. The summed E-state index contributed by atoms with van der Waals surface area (Å²) in [5.74, 6) is 1.86. The number of nitrogens with one attached hydrogen (secondary N) is 1.